The van der Waals surface area contributed by atoms with E-state index in [1.54, 1.807) is 0 Å². The van der Waals surface area contributed by atoms with Crippen molar-refractivity contribution in [3.05, 3.63) is 42.2 Å². The number of imidazole rings is 1. The minimum atomic E-state index is -1.91. The summed E-state index contributed by atoms with van der Waals surface area (Å²) in [6, 6.07) is 11.4. The Hall–Kier alpha value is -2.44. The summed E-state index contributed by atoms with van der Waals surface area (Å²) in [6.07, 6.45) is -3.51. The lowest BCUT2D eigenvalue weighted by atomic mass is 10.1. The molecule has 0 aliphatic carbocycles. The van der Waals surface area contributed by atoms with Crippen LogP contribution in [-0.2, 0) is 4.79 Å². The summed E-state index contributed by atoms with van der Waals surface area (Å²) in [5, 5.41) is 29.8. The van der Waals surface area contributed by atoms with Crippen LogP contribution in [0.2, 0.25) is 0 Å². The van der Waals surface area contributed by atoms with Crippen LogP contribution in [0.3, 0.4) is 0 Å². The zero-order chi connectivity index (χ0) is 14.3. The van der Waals surface area contributed by atoms with Crippen LogP contribution in [0.5, 0.6) is 0 Å². The van der Waals surface area contributed by atoms with E-state index >= 15 is 0 Å². The number of aromatic nitrogens is 2. The summed E-state index contributed by atoms with van der Waals surface area (Å²) in [5.74, 6) is -1.46. The molecule has 0 saturated heterocycles. The second-order valence-corrected chi connectivity index (χ2v) is 4.57. The molecule has 3 rings (SSSR count). The van der Waals surface area contributed by atoms with Gasteiger partial charge in [-0.25, -0.2) is 9.78 Å². The minimum absolute atomic E-state index is 0.0326. The van der Waals surface area contributed by atoms with Crippen LogP contribution in [0.25, 0.3) is 21.8 Å². The quantitative estimate of drug-likeness (QED) is 0.573. The van der Waals surface area contributed by atoms with Gasteiger partial charge in [-0.05, 0) is 22.9 Å². The zero-order valence-corrected chi connectivity index (χ0v) is 10.3. The highest BCUT2D eigenvalue weighted by atomic mass is 16.4. The number of benzene rings is 2. The first kappa shape index (κ1) is 12.6. The number of H-pyrrole nitrogens is 1. The highest BCUT2D eigenvalue weighted by molar-refractivity contribution is 5.95. The fraction of sp³-hybridized carbons (Fsp3) is 0.143. The SMILES string of the molecule is O=C(O)[C@H](O)[C@H](O)c1nc2cc3ccccc3cc2[nH]1. The molecular weight excluding hydrogens is 260 g/mol. The van der Waals surface area contributed by atoms with Crippen molar-refractivity contribution in [2.24, 2.45) is 0 Å². The van der Waals surface area contributed by atoms with E-state index in [4.69, 9.17) is 5.11 Å². The van der Waals surface area contributed by atoms with Gasteiger partial charge in [0.15, 0.2) is 6.10 Å². The van der Waals surface area contributed by atoms with Gasteiger partial charge >= 0.3 is 5.97 Å². The maximum atomic E-state index is 10.7. The number of aliphatic hydroxyl groups is 2. The van der Waals surface area contributed by atoms with Gasteiger partial charge in [0.1, 0.15) is 11.9 Å². The number of hydrogen-bond acceptors (Lipinski definition) is 4. The number of aliphatic carboxylic acids is 1. The molecule has 0 unspecified atom stereocenters. The number of rotatable bonds is 3. The highest BCUT2D eigenvalue weighted by Crippen LogP contribution is 2.23. The fourth-order valence-electron chi connectivity index (χ4n) is 2.14. The maximum Gasteiger partial charge on any atom is 0.335 e. The van der Waals surface area contributed by atoms with Crippen molar-refractivity contribution >= 4 is 27.8 Å². The number of hydrogen-bond donors (Lipinski definition) is 4. The molecule has 0 radical (unpaired) electrons. The van der Waals surface area contributed by atoms with Gasteiger partial charge in [0.25, 0.3) is 0 Å². The van der Waals surface area contributed by atoms with E-state index in [0.717, 1.165) is 10.8 Å². The standard InChI is InChI=1S/C14H12N2O4/c17-11(12(18)14(19)20)13-15-9-5-7-3-1-2-4-8(7)6-10(9)16-13/h1-6,11-12,17-18H,(H,15,16)(H,19,20)/t11-,12+/m0/s1. The first-order valence-corrected chi connectivity index (χ1v) is 6.03. The van der Waals surface area contributed by atoms with Crippen molar-refractivity contribution in [3.63, 3.8) is 0 Å². The molecule has 4 N–H and O–H groups in total. The van der Waals surface area contributed by atoms with Crippen LogP contribution < -0.4 is 0 Å². The topological polar surface area (TPSA) is 106 Å². The summed E-state index contributed by atoms with van der Waals surface area (Å²) in [7, 11) is 0. The first-order chi connectivity index (χ1) is 9.56. The van der Waals surface area contributed by atoms with Crippen LogP contribution in [-0.4, -0.2) is 37.4 Å². The largest absolute Gasteiger partial charge is 0.479 e. The van der Waals surface area contributed by atoms with Gasteiger partial charge < -0.3 is 20.3 Å². The number of aromatic amines is 1. The Kier molecular flexibility index (Phi) is 2.89. The third-order valence-electron chi connectivity index (χ3n) is 3.20. The van der Waals surface area contributed by atoms with Crippen molar-refractivity contribution in [1.29, 1.82) is 0 Å². The minimum Gasteiger partial charge on any atom is -0.479 e. The molecule has 1 aromatic heterocycles. The smallest absolute Gasteiger partial charge is 0.335 e. The van der Waals surface area contributed by atoms with Gasteiger partial charge in [0, 0.05) is 0 Å². The molecule has 0 spiro atoms. The Morgan fingerprint density at radius 3 is 2.45 bits per heavy atom. The average Bonchev–Trinajstić information content (AvgIpc) is 2.85. The molecule has 6 nitrogen and oxygen atoms in total. The molecular formula is C14H12N2O4. The lowest BCUT2D eigenvalue weighted by molar-refractivity contribution is -0.153. The van der Waals surface area contributed by atoms with Gasteiger partial charge in [0.2, 0.25) is 0 Å². The summed E-state index contributed by atoms with van der Waals surface area (Å²) in [6.45, 7) is 0. The van der Waals surface area contributed by atoms with Crippen molar-refractivity contribution in [2.75, 3.05) is 0 Å². The fourth-order valence-corrected chi connectivity index (χ4v) is 2.14. The number of nitrogens with one attached hydrogen (secondary N) is 1. The number of fused-ring (bicyclic) bond motifs is 2. The average molecular weight is 272 g/mol. The molecule has 0 aliphatic rings. The lowest BCUT2D eigenvalue weighted by Crippen LogP contribution is -2.28. The molecule has 6 heteroatoms. The number of carboxylic acid groups (broad SMARTS) is 1. The summed E-state index contributed by atoms with van der Waals surface area (Å²) < 4.78 is 0. The van der Waals surface area contributed by atoms with E-state index in [2.05, 4.69) is 9.97 Å². The van der Waals surface area contributed by atoms with Crippen LogP contribution >= 0.6 is 0 Å². The van der Waals surface area contributed by atoms with Gasteiger partial charge in [-0.1, -0.05) is 24.3 Å². The van der Waals surface area contributed by atoms with E-state index in [1.807, 2.05) is 36.4 Å². The van der Waals surface area contributed by atoms with Gasteiger partial charge in [0.05, 0.1) is 11.0 Å². The Balaban J connectivity index is 2.10. The molecule has 102 valence electrons. The number of carbonyl (C=O) groups is 1. The third kappa shape index (κ3) is 2.01. The van der Waals surface area contributed by atoms with Gasteiger partial charge in [-0.3, -0.25) is 0 Å². The van der Waals surface area contributed by atoms with Crippen molar-refractivity contribution < 1.29 is 20.1 Å². The first-order valence-electron chi connectivity index (χ1n) is 6.03. The maximum absolute atomic E-state index is 10.7. The van der Waals surface area contributed by atoms with Crippen molar-refractivity contribution in [1.82, 2.24) is 9.97 Å². The van der Waals surface area contributed by atoms with Crippen LogP contribution in [0.4, 0.5) is 0 Å². The third-order valence-corrected chi connectivity index (χ3v) is 3.20. The van der Waals surface area contributed by atoms with E-state index < -0.39 is 18.2 Å². The molecule has 0 aliphatic heterocycles. The number of carboxylic acids is 1. The predicted octanol–water partition coefficient (Wildman–Crippen LogP) is 1.20. The highest BCUT2D eigenvalue weighted by Gasteiger charge is 2.27. The summed E-state index contributed by atoms with van der Waals surface area (Å²) in [5.41, 5.74) is 1.28. The van der Waals surface area contributed by atoms with E-state index in [9.17, 15) is 15.0 Å². The molecule has 0 amide bonds. The lowest BCUT2D eigenvalue weighted by Gasteiger charge is -2.10. The number of nitrogens with zero attached hydrogens (tertiary/aromatic N) is 1. The van der Waals surface area contributed by atoms with Gasteiger partial charge in [-0.2, -0.15) is 0 Å². The molecule has 1 heterocycles. The molecule has 2 atom stereocenters. The Morgan fingerprint density at radius 2 is 1.80 bits per heavy atom. The normalized spacial score (nSPS) is 14.5. The van der Waals surface area contributed by atoms with E-state index in [-0.39, 0.29) is 5.82 Å². The summed E-state index contributed by atoms with van der Waals surface area (Å²) in [4.78, 5) is 17.6. The second kappa shape index (κ2) is 4.59. The summed E-state index contributed by atoms with van der Waals surface area (Å²) >= 11 is 0. The van der Waals surface area contributed by atoms with Gasteiger partial charge in [-0.15, -0.1) is 0 Å². The number of aliphatic hydroxyl groups excluding tert-OH is 2. The Bertz CT molecular complexity index is 744. The van der Waals surface area contributed by atoms with Crippen LogP contribution in [0, 0.1) is 0 Å². The molecule has 2 aromatic carbocycles. The van der Waals surface area contributed by atoms with Crippen molar-refractivity contribution in [3.8, 4) is 0 Å². The second-order valence-electron chi connectivity index (χ2n) is 4.57. The molecule has 3 aromatic rings. The molecule has 0 bridgehead atoms. The van der Waals surface area contributed by atoms with Crippen LogP contribution in [0.15, 0.2) is 36.4 Å². The molecule has 0 saturated carbocycles. The van der Waals surface area contributed by atoms with E-state index in [0.29, 0.717) is 11.0 Å². The molecule has 20 heavy (non-hydrogen) atoms. The van der Waals surface area contributed by atoms with Crippen molar-refractivity contribution in [2.45, 2.75) is 12.2 Å². The Labute approximate surface area is 113 Å². The van der Waals surface area contributed by atoms with E-state index in [1.165, 1.54) is 0 Å². The predicted molar refractivity (Wildman–Crippen MR) is 72.2 cm³/mol. The zero-order valence-electron chi connectivity index (χ0n) is 10.3. The Morgan fingerprint density at radius 1 is 1.15 bits per heavy atom. The van der Waals surface area contributed by atoms with Crippen LogP contribution in [0.1, 0.15) is 11.9 Å². The molecule has 0 fully saturated rings. The monoisotopic (exact) mass is 272 g/mol.